The molecule has 3 amide bonds. The third-order valence-electron chi connectivity index (χ3n) is 5.35. The van der Waals surface area contributed by atoms with Gasteiger partial charge in [0.1, 0.15) is 22.8 Å². The summed E-state index contributed by atoms with van der Waals surface area (Å²) in [6.07, 6.45) is 1.76. The van der Waals surface area contributed by atoms with Gasteiger partial charge >= 0.3 is 0 Å². The van der Waals surface area contributed by atoms with E-state index in [0.29, 0.717) is 25.1 Å². The number of carbonyl (C=O) groups excluding carboxylic acids is 3. The Bertz CT molecular complexity index is 782. The van der Waals surface area contributed by atoms with Crippen LogP contribution in [0.25, 0.3) is 0 Å². The molecule has 4 atom stereocenters. The van der Waals surface area contributed by atoms with E-state index < -0.39 is 6.04 Å². The summed E-state index contributed by atoms with van der Waals surface area (Å²) in [6, 6.07) is -0.634. The Morgan fingerprint density at radius 1 is 1.25 bits per heavy atom. The molecular weight excluding hydrogens is 430 g/mol. The predicted molar refractivity (Wildman–Crippen MR) is 125 cm³/mol. The second-order valence-corrected chi connectivity index (χ2v) is 9.85. The number of nitrogens with zero attached hydrogens (tertiary/aromatic N) is 2. The normalized spacial score (nSPS) is 20.6. The van der Waals surface area contributed by atoms with Crippen LogP contribution in [0.1, 0.15) is 68.6 Å². The number of nitrogens with one attached hydrogen (secondary N) is 3. The van der Waals surface area contributed by atoms with Crippen molar-refractivity contribution in [3.8, 4) is 0 Å². The topological polar surface area (TPSA) is 113 Å². The Hall–Kier alpha value is -2.04. The summed E-state index contributed by atoms with van der Waals surface area (Å²) in [6.45, 7) is 8.49. The van der Waals surface area contributed by atoms with Crippen LogP contribution >= 0.6 is 11.3 Å². The molecule has 32 heavy (non-hydrogen) atoms. The van der Waals surface area contributed by atoms with E-state index in [9.17, 15) is 14.4 Å². The van der Waals surface area contributed by atoms with Gasteiger partial charge in [0, 0.05) is 30.5 Å². The van der Waals surface area contributed by atoms with Crippen LogP contribution in [0, 0.1) is 5.92 Å². The van der Waals surface area contributed by atoms with Crippen molar-refractivity contribution in [2.24, 2.45) is 5.92 Å². The third-order valence-corrected chi connectivity index (χ3v) is 6.29. The molecule has 1 fully saturated rings. The molecule has 1 aliphatic heterocycles. The van der Waals surface area contributed by atoms with Gasteiger partial charge in [0.05, 0.1) is 6.54 Å². The molecule has 2 rings (SSSR count). The summed E-state index contributed by atoms with van der Waals surface area (Å²) >= 11 is 1.39. The lowest BCUT2D eigenvalue weighted by Gasteiger charge is -2.31. The maximum absolute atomic E-state index is 13.0. The second-order valence-electron chi connectivity index (χ2n) is 8.96. The molecule has 10 heteroatoms. The quantitative estimate of drug-likeness (QED) is 0.483. The minimum atomic E-state index is -0.583. The van der Waals surface area contributed by atoms with Crippen LogP contribution in [0.4, 0.5) is 0 Å². The summed E-state index contributed by atoms with van der Waals surface area (Å²) in [4.78, 5) is 43.7. The SMILES string of the molecule is CC[C@H](C)[C@H](NC(=O)CN(C)C)C(=O)N[C@H]1CCO[C@@H](c2nc(C(=O)NC(C)C)cs2)C1. The highest BCUT2D eigenvalue weighted by Crippen LogP contribution is 2.30. The molecule has 9 nitrogen and oxygen atoms in total. The zero-order valence-corrected chi connectivity index (χ0v) is 20.8. The number of thiazole rings is 1. The van der Waals surface area contributed by atoms with E-state index >= 15 is 0 Å². The Morgan fingerprint density at radius 2 is 1.97 bits per heavy atom. The lowest BCUT2D eigenvalue weighted by molar-refractivity contribution is -0.131. The van der Waals surface area contributed by atoms with Gasteiger partial charge in [-0.25, -0.2) is 4.98 Å². The van der Waals surface area contributed by atoms with Gasteiger partial charge in [-0.2, -0.15) is 0 Å². The van der Waals surface area contributed by atoms with Crippen LogP contribution in [0.15, 0.2) is 5.38 Å². The van der Waals surface area contributed by atoms with Crippen LogP contribution in [0.2, 0.25) is 0 Å². The number of likely N-dealkylation sites (N-methyl/N-ethyl adjacent to an activating group) is 1. The van der Waals surface area contributed by atoms with Gasteiger partial charge in [0.2, 0.25) is 11.8 Å². The van der Waals surface area contributed by atoms with Gasteiger partial charge in [-0.05, 0) is 40.3 Å². The summed E-state index contributed by atoms with van der Waals surface area (Å²) in [5.74, 6) is -0.533. The van der Waals surface area contributed by atoms with Crippen LogP contribution < -0.4 is 16.0 Å². The van der Waals surface area contributed by atoms with Gasteiger partial charge in [-0.1, -0.05) is 20.3 Å². The zero-order chi connectivity index (χ0) is 23.8. The molecule has 0 aromatic carbocycles. The second kappa shape index (κ2) is 12.3. The van der Waals surface area contributed by atoms with Gasteiger partial charge in [-0.15, -0.1) is 11.3 Å². The van der Waals surface area contributed by atoms with Crippen molar-refractivity contribution in [3.05, 3.63) is 16.1 Å². The Labute approximate surface area is 194 Å². The highest BCUT2D eigenvalue weighted by Gasteiger charge is 2.32. The number of rotatable bonds is 10. The van der Waals surface area contributed by atoms with Crippen LogP contribution in [0.5, 0.6) is 0 Å². The molecule has 1 aliphatic rings. The van der Waals surface area contributed by atoms with Crippen molar-refractivity contribution in [3.63, 3.8) is 0 Å². The molecule has 1 aromatic rings. The van der Waals surface area contributed by atoms with E-state index in [1.54, 1.807) is 10.3 Å². The lowest BCUT2D eigenvalue weighted by Crippen LogP contribution is -2.54. The first-order chi connectivity index (χ1) is 15.1. The van der Waals surface area contributed by atoms with Crippen LogP contribution in [-0.2, 0) is 14.3 Å². The first-order valence-corrected chi connectivity index (χ1v) is 12.1. The van der Waals surface area contributed by atoms with Crippen molar-refractivity contribution in [2.75, 3.05) is 27.2 Å². The maximum Gasteiger partial charge on any atom is 0.270 e. The molecule has 0 radical (unpaired) electrons. The number of ether oxygens (including phenoxy) is 1. The molecule has 0 bridgehead atoms. The third kappa shape index (κ3) is 7.83. The number of amides is 3. The van der Waals surface area contributed by atoms with E-state index in [1.807, 2.05) is 41.8 Å². The first kappa shape index (κ1) is 26.2. The minimum Gasteiger partial charge on any atom is -0.371 e. The van der Waals surface area contributed by atoms with Crippen molar-refractivity contribution < 1.29 is 19.1 Å². The van der Waals surface area contributed by atoms with E-state index in [2.05, 4.69) is 20.9 Å². The fourth-order valence-corrected chi connectivity index (χ4v) is 4.33. The predicted octanol–water partition coefficient (Wildman–Crippen LogP) is 1.71. The molecule has 180 valence electrons. The molecule has 2 heterocycles. The standard InChI is InChI=1S/C22H37N5O4S/c1-7-14(4)19(26-18(28)11-27(5)6)21(30)24-15-8-9-31-17(10-15)22-25-16(12-32-22)20(29)23-13(2)3/h12-15,17,19H,7-11H2,1-6H3,(H,23,29)(H,24,30)(H,26,28)/t14-,15-,17+,19-/m0/s1. The molecule has 0 spiro atoms. The van der Waals surface area contributed by atoms with E-state index in [4.69, 9.17) is 4.74 Å². The summed E-state index contributed by atoms with van der Waals surface area (Å²) < 4.78 is 5.88. The average Bonchev–Trinajstić information content (AvgIpc) is 3.21. The Kier molecular flexibility index (Phi) is 10.0. The Balaban J connectivity index is 2.00. The van der Waals surface area contributed by atoms with Gasteiger partial charge in [0.25, 0.3) is 5.91 Å². The van der Waals surface area contributed by atoms with Gasteiger partial charge in [-0.3, -0.25) is 14.4 Å². The van der Waals surface area contributed by atoms with E-state index in [0.717, 1.165) is 11.4 Å². The highest BCUT2D eigenvalue weighted by atomic mass is 32.1. The monoisotopic (exact) mass is 467 g/mol. The minimum absolute atomic E-state index is 0.0118. The number of hydrogen-bond acceptors (Lipinski definition) is 7. The molecule has 0 saturated carbocycles. The molecule has 3 N–H and O–H groups in total. The molecule has 0 aliphatic carbocycles. The molecule has 1 aromatic heterocycles. The van der Waals surface area contributed by atoms with Crippen LogP contribution in [0.3, 0.4) is 0 Å². The van der Waals surface area contributed by atoms with Gasteiger partial charge < -0.3 is 25.6 Å². The molecular formula is C22H37N5O4S. The fraction of sp³-hybridized carbons (Fsp3) is 0.727. The smallest absolute Gasteiger partial charge is 0.270 e. The molecule has 0 unspecified atom stereocenters. The largest absolute Gasteiger partial charge is 0.371 e. The van der Waals surface area contributed by atoms with Crippen molar-refractivity contribution in [1.82, 2.24) is 25.8 Å². The lowest BCUT2D eigenvalue weighted by atomic mass is 9.96. The van der Waals surface area contributed by atoms with Crippen LogP contribution in [-0.4, -0.2) is 73.0 Å². The van der Waals surface area contributed by atoms with Crippen molar-refractivity contribution in [1.29, 1.82) is 0 Å². The van der Waals surface area contributed by atoms with Crippen molar-refractivity contribution in [2.45, 2.75) is 71.2 Å². The van der Waals surface area contributed by atoms with E-state index in [1.165, 1.54) is 11.3 Å². The number of hydrogen-bond donors (Lipinski definition) is 3. The van der Waals surface area contributed by atoms with Gasteiger partial charge in [0.15, 0.2) is 0 Å². The first-order valence-electron chi connectivity index (χ1n) is 11.2. The number of carbonyl (C=O) groups is 3. The fourth-order valence-electron chi connectivity index (χ4n) is 3.48. The molecule has 1 saturated heterocycles. The highest BCUT2D eigenvalue weighted by molar-refractivity contribution is 7.09. The average molecular weight is 468 g/mol. The zero-order valence-electron chi connectivity index (χ0n) is 19.9. The van der Waals surface area contributed by atoms with E-state index in [-0.39, 0.29) is 48.4 Å². The summed E-state index contributed by atoms with van der Waals surface area (Å²) in [5.41, 5.74) is 0.383. The maximum atomic E-state index is 13.0. The Morgan fingerprint density at radius 3 is 2.59 bits per heavy atom. The summed E-state index contributed by atoms with van der Waals surface area (Å²) in [7, 11) is 3.63. The van der Waals surface area contributed by atoms with Crippen molar-refractivity contribution >= 4 is 29.1 Å². The number of aromatic nitrogens is 1. The summed E-state index contributed by atoms with van der Waals surface area (Å²) in [5, 5.41) is 11.3.